The summed E-state index contributed by atoms with van der Waals surface area (Å²) in [6.45, 7) is 4.24. The van der Waals surface area contributed by atoms with Crippen molar-refractivity contribution in [2.45, 2.75) is 38.3 Å². The molecule has 0 aliphatic carbocycles. The number of hydrogen-bond donors (Lipinski definition) is 2. The van der Waals surface area contributed by atoms with Crippen LogP contribution >= 0.6 is 23.7 Å². The number of carbonyl (C=O) groups is 1. The third-order valence-electron chi connectivity index (χ3n) is 4.50. The van der Waals surface area contributed by atoms with Crippen LogP contribution in [0.3, 0.4) is 0 Å². The fourth-order valence-corrected chi connectivity index (χ4v) is 3.71. The molecule has 1 saturated heterocycles. The highest BCUT2D eigenvalue weighted by molar-refractivity contribution is 7.13. The number of aromatic nitrogens is 1. The van der Waals surface area contributed by atoms with E-state index in [1.807, 2.05) is 42.6 Å². The Morgan fingerprint density at radius 2 is 2.00 bits per heavy atom. The summed E-state index contributed by atoms with van der Waals surface area (Å²) in [5.41, 5.74) is 1.25. The molecule has 0 unspecified atom stereocenters. The van der Waals surface area contributed by atoms with E-state index < -0.39 is 5.60 Å². The molecule has 1 amide bonds. The normalized spacial score (nSPS) is 16.9. The summed E-state index contributed by atoms with van der Waals surface area (Å²) in [5.74, 6) is -0.0122. The van der Waals surface area contributed by atoms with Crippen molar-refractivity contribution in [2.75, 3.05) is 18.4 Å². The summed E-state index contributed by atoms with van der Waals surface area (Å²) in [6.07, 6.45) is 1.90. The summed E-state index contributed by atoms with van der Waals surface area (Å²) in [4.78, 5) is 18.2. The first-order chi connectivity index (χ1) is 11.6. The predicted octanol–water partition coefficient (Wildman–Crippen LogP) is 3.40. The second-order valence-electron chi connectivity index (χ2n) is 6.22. The molecule has 3 rings (SSSR count). The number of halogens is 1. The lowest BCUT2D eigenvalue weighted by Gasteiger charge is -2.38. The van der Waals surface area contributed by atoms with Crippen molar-refractivity contribution in [1.29, 1.82) is 0 Å². The first kappa shape index (κ1) is 19.8. The van der Waals surface area contributed by atoms with E-state index in [9.17, 15) is 9.90 Å². The highest BCUT2D eigenvalue weighted by atomic mass is 35.5. The van der Waals surface area contributed by atoms with Crippen molar-refractivity contribution in [3.8, 4) is 0 Å². The SMILES string of the molecule is CCC(=O)Nc1nc(CN2CCC(O)(c3ccccc3)CC2)cs1.Cl. The summed E-state index contributed by atoms with van der Waals surface area (Å²) < 4.78 is 0. The smallest absolute Gasteiger partial charge is 0.225 e. The van der Waals surface area contributed by atoms with Gasteiger partial charge < -0.3 is 10.4 Å². The van der Waals surface area contributed by atoms with E-state index in [-0.39, 0.29) is 18.3 Å². The van der Waals surface area contributed by atoms with Crippen LogP contribution in [-0.4, -0.2) is 34.0 Å². The molecule has 5 nitrogen and oxygen atoms in total. The number of piperidine rings is 1. The number of thiazole rings is 1. The van der Waals surface area contributed by atoms with Gasteiger partial charge in [-0.2, -0.15) is 0 Å². The molecule has 0 bridgehead atoms. The number of nitrogens with zero attached hydrogens (tertiary/aromatic N) is 2. The lowest BCUT2D eigenvalue weighted by molar-refractivity contribution is -0.115. The van der Waals surface area contributed by atoms with Crippen LogP contribution in [0.25, 0.3) is 0 Å². The van der Waals surface area contributed by atoms with Crippen LogP contribution in [0.5, 0.6) is 0 Å². The Balaban J connectivity index is 0.00000225. The molecule has 0 radical (unpaired) electrons. The average Bonchev–Trinajstić information content (AvgIpc) is 3.04. The molecule has 2 N–H and O–H groups in total. The molecule has 1 aromatic carbocycles. The van der Waals surface area contributed by atoms with Crippen LogP contribution in [0.1, 0.15) is 37.4 Å². The van der Waals surface area contributed by atoms with Gasteiger partial charge in [0.2, 0.25) is 5.91 Å². The third kappa shape index (κ3) is 5.01. The molecule has 1 aromatic heterocycles. The standard InChI is InChI=1S/C18H23N3O2S.ClH/c1-2-16(22)20-17-19-15(13-24-17)12-21-10-8-18(23,9-11-21)14-6-4-3-5-7-14;/h3-7,13,23H,2,8-12H2,1H3,(H,19,20,22);1H. The van der Waals surface area contributed by atoms with Gasteiger partial charge in [0.25, 0.3) is 0 Å². The summed E-state index contributed by atoms with van der Waals surface area (Å²) in [5, 5.41) is 16.3. The van der Waals surface area contributed by atoms with E-state index in [2.05, 4.69) is 15.2 Å². The van der Waals surface area contributed by atoms with E-state index in [4.69, 9.17) is 0 Å². The Morgan fingerprint density at radius 1 is 1.32 bits per heavy atom. The fraction of sp³-hybridized carbons (Fsp3) is 0.444. The summed E-state index contributed by atoms with van der Waals surface area (Å²) in [6, 6.07) is 9.92. The van der Waals surface area contributed by atoms with Crippen LogP contribution in [0.4, 0.5) is 5.13 Å². The monoisotopic (exact) mass is 381 g/mol. The van der Waals surface area contributed by atoms with Crippen LogP contribution in [-0.2, 0) is 16.9 Å². The van der Waals surface area contributed by atoms with Crippen molar-refractivity contribution in [3.05, 3.63) is 47.0 Å². The van der Waals surface area contributed by atoms with E-state index in [1.54, 1.807) is 0 Å². The molecule has 136 valence electrons. The van der Waals surface area contributed by atoms with Gasteiger partial charge in [-0.15, -0.1) is 23.7 Å². The van der Waals surface area contributed by atoms with Gasteiger partial charge in [-0.3, -0.25) is 9.69 Å². The minimum absolute atomic E-state index is 0. The zero-order valence-corrected chi connectivity index (χ0v) is 15.9. The van der Waals surface area contributed by atoms with Crippen molar-refractivity contribution in [3.63, 3.8) is 0 Å². The van der Waals surface area contributed by atoms with Crippen molar-refractivity contribution >= 4 is 34.8 Å². The fourth-order valence-electron chi connectivity index (χ4n) is 2.99. The third-order valence-corrected chi connectivity index (χ3v) is 5.31. The number of likely N-dealkylation sites (tertiary alicyclic amines) is 1. The Kier molecular flexibility index (Phi) is 6.95. The summed E-state index contributed by atoms with van der Waals surface area (Å²) in [7, 11) is 0. The van der Waals surface area contributed by atoms with Gasteiger partial charge in [-0.05, 0) is 18.4 Å². The molecule has 2 aromatic rings. The van der Waals surface area contributed by atoms with Crippen molar-refractivity contribution in [2.24, 2.45) is 0 Å². The number of rotatable bonds is 5. The number of nitrogens with one attached hydrogen (secondary N) is 1. The molecule has 0 spiro atoms. The Hall–Kier alpha value is -1.47. The molecule has 1 aliphatic rings. The Morgan fingerprint density at radius 3 is 2.64 bits per heavy atom. The highest BCUT2D eigenvalue weighted by Crippen LogP contribution is 2.33. The van der Waals surface area contributed by atoms with Crippen LogP contribution in [0.15, 0.2) is 35.7 Å². The van der Waals surface area contributed by atoms with Crippen molar-refractivity contribution < 1.29 is 9.90 Å². The number of benzene rings is 1. The minimum atomic E-state index is -0.722. The lowest BCUT2D eigenvalue weighted by Crippen LogP contribution is -2.42. The second-order valence-corrected chi connectivity index (χ2v) is 7.08. The molecule has 1 aliphatic heterocycles. The van der Waals surface area contributed by atoms with Gasteiger partial charge in [0.15, 0.2) is 5.13 Å². The molecule has 2 heterocycles. The number of carbonyl (C=O) groups excluding carboxylic acids is 1. The molecule has 0 saturated carbocycles. The highest BCUT2D eigenvalue weighted by Gasteiger charge is 2.33. The molecule has 7 heteroatoms. The predicted molar refractivity (Wildman–Crippen MR) is 103 cm³/mol. The van der Waals surface area contributed by atoms with Gasteiger partial charge >= 0.3 is 0 Å². The number of aliphatic hydroxyl groups is 1. The first-order valence-corrected chi connectivity index (χ1v) is 9.21. The average molecular weight is 382 g/mol. The maximum Gasteiger partial charge on any atom is 0.225 e. The number of amides is 1. The maximum atomic E-state index is 11.4. The van der Waals surface area contributed by atoms with Crippen LogP contribution in [0, 0.1) is 0 Å². The minimum Gasteiger partial charge on any atom is -0.385 e. The largest absolute Gasteiger partial charge is 0.385 e. The molecule has 25 heavy (non-hydrogen) atoms. The second kappa shape index (κ2) is 8.76. The quantitative estimate of drug-likeness (QED) is 0.833. The number of anilines is 1. The molecule has 0 atom stereocenters. The number of hydrogen-bond acceptors (Lipinski definition) is 5. The molecular formula is C18H24ClN3O2S. The van der Waals surface area contributed by atoms with Crippen LogP contribution in [0.2, 0.25) is 0 Å². The Labute approximate surface area is 158 Å². The Bertz CT molecular complexity index is 685. The lowest BCUT2D eigenvalue weighted by atomic mass is 9.84. The van der Waals surface area contributed by atoms with E-state index in [0.29, 0.717) is 11.6 Å². The molecular weight excluding hydrogens is 358 g/mol. The zero-order valence-electron chi connectivity index (χ0n) is 14.3. The topological polar surface area (TPSA) is 65.5 Å². The van der Waals surface area contributed by atoms with E-state index in [0.717, 1.165) is 43.7 Å². The van der Waals surface area contributed by atoms with Gasteiger partial charge in [0.1, 0.15) is 0 Å². The van der Waals surface area contributed by atoms with Crippen molar-refractivity contribution in [1.82, 2.24) is 9.88 Å². The molecule has 1 fully saturated rings. The van der Waals surface area contributed by atoms with E-state index in [1.165, 1.54) is 11.3 Å². The van der Waals surface area contributed by atoms with E-state index >= 15 is 0 Å². The zero-order chi connectivity index (χ0) is 17.0. The maximum absolute atomic E-state index is 11.4. The van der Waals surface area contributed by atoms with Gasteiger partial charge in [-0.1, -0.05) is 37.3 Å². The van der Waals surface area contributed by atoms with Gasteiger partial charge in [0, 0.05) is 31.4 Å². The van der Waals surface area contributed by atoms with Gasteiger partial charge in [-0.25, -0.2) is 4.98 Å². The van der Waals surface area contributed by atoms with Crippen LogP contribution < -0.4 is 5.32 Å². The summed E-state index contributed by atoms with van der Waals surface area (Å²) >= 11 is 1.46. The first-order valence-electron chi connectivity index (χ1n) is 8.33. The van der Waals surface area contributed by atoms with Gasteiger partial charge in [0.05, 0.1) is 11.3 Å².